The van der Waals surface area contributed by atoms with Crippen molar-refractivity contribution < 1.29 is 18.7 Å². The summed E-state index contributed by atoms with van der Waals surface area (Å²) in [5.41, 5.74) is 0.726. The first kappa shape index (κ1) is 20.8. The average Bonchev–Trinajstić information content (AvgIpc) is 2.75. The summed E-state index contributed by atoms with van der Waals surface area (Å²) in [6, 6.07) is 20.3. The lowest BCUT2D eigenvalue weighted by atomic mass is 10.0. The third-order valence-corrected chi connectivity index (χ3v) is 5.41. The van der Waals surface area contributed by atoms with Crippen molar-refractivity contribution in [2.24, 2.45) is 0 Å². The predicted molar refractivity (Wildman–Crippen MR) is 119 cm³/mol. The van der Waals surface area contributed by atoms with E-state index in [-0.39, 0.29) is 11.6 Å². The number of ether oxygens (including phenoxy) is 2. The van der Waals surface area contributed by atoms with Gasteiger partial charge in [0.25, 0.3) is 0 Å². The van der Waals surface area contributed by atoms with E-state index in [4.69, 9.17) is 9.47 Å². The van der Waals surface area contributed by atoms with Gasteiger partial charge >= 0.3 is 0 Å². The number of carbonyl (C=O) groups excluding carboxylic acids is 1. The molecule has 0 aliphatic carbocycles. The van der Waals surface area contributed by atoms with Crippen LogP contribution in [0, 0.1) is 5.82 Å². The first-order chi connectivity index (χ1) is 14.0. The number of Topliss-reactive ketones (excluding diaryl/α,β-unsaturated/α-hetero) is 1. The maximum absolute atomic E-state index is 13.5. The number of carbonyl (C=O) groups is 1. The van der Waals surface area contributed by atoms with Crippen LogP contribution in [0.4, 0.5) is 4.39 Å². The molecule has 0 spiro atoms. The summed E-state index contributed by atoms with van der Waals surface area (Å²) in [7, 11) is 3.10. The van der Waals surface area contributed by atoms with E-state index in [1.807, 2.05) is 54.6 Å². The van der Waals surface area contributed by atoms with Crippen LogP contribution in [0.2, 0.25) is 0 Å². The molecule has 0 aromatic heterocycles. The molecule has 4 rings (SSSR count). The quantitative estimate of drug-likeness (QED) is 0.319. The number of ketones is 1. The molecule has 4 aromatic carbocycles. The van der Waals surface area contributed by atoms with E-state index in [0.717, 1.165) is 31.9 Å². The highest BCUT2D eigenvalue weighted by atomic mass is 79.9. The highest BCUT2D eigenvalue weighted by Gasteiger charge is 2.07. The number of halogens is 2. The first-order valence-corrected chi connectivity index (χ1v) is 9.74. The molecule has 0 atom stereocenters. The van der Waals surface area contributed by atoms with E-state index in [0.29, 0.717) is 11.1 Å². The second-order valence-corrected chi connectivity index (χ2v) is 7.17. The van der Waals surface area contributed by atoms with Crippen molar-refractivity contribution in [3.05, 3.63) is 82.6 Å². The Kier molecular flexibility index (Phi) is 6.49. The molecule has 0 saturated carbocycles. The minimum atomic E-state index is -0.291. The summed E-state index contributed by atoms with van der Waals surface area (Å²) in [6.45, 7) is 1.57. The molecule has 0 radical (unpaired) electrons. The van der Waals surface area contributed by atoms with Gasteiger partial charge in [-0.05, 0) is 57.2 Å². The zero-order valence-electron chi connectivity index (χ0n) is 16.3. The Morgan fingerprint density at radius 1 is 0.828 bits per heavy atom. The maximum atomic E-state index is 13.5. The zero-order valence-corrected chi connectivity index (χ0v) is 17.9. The Bertz CT molecular complexity index is 1190. The lowest BCUT2D eigenvalue weighted by molar-refractivity contribution is 0.101. The molecule has 0 aliphatic heterocycles. The van der Waals surface area contributed by atoms with E-state index < -0.39 is 0 Å². The monoisotopic (exact) mass is 454 g/mol. The molecular weight excluding hydrogens is 435 g/mol. The van der Waals surface area contributed by atoms with Gasteiger partial charge in [-0.15, -0.1) is 0 Å². The lowest BCUT2D eigenvalue weighted by Crippen LogP contribution is -1.92. The summed E-state index contributed by atoms with van der Waals surface area (Å²) >= 11 is 3.49. The Labute approximate surface area is 177 Å². The lowest BCUT2D eigenvalue weighted by Gasteiger charge is -2.07. The normalized spacial score (nSPS) is 10.4. The summed E-state index contributed by atoms with van der Waals surface area (Å²) < 4.78 is 24.6. The summed E-state index contributed by atoms with van der Waals surface area (Å²) in [5, 5.41) is 3.56. The van der Waals surface area contributed by atoms with Gasteiger partial charge in [0.15, 0.2) is 17.3 Å². The molecular formula is C24H20BrFO3. The Morgan fingerprint density at radius 3 is 2.17 bits per heavy atom. The molecule has 148 valence electrons. The fraction of sp³-hybridized carbons (Fsp3) is 0.125. The molecule has 0 bridgehead atoms. The van der Waals surface area contributed by atoms with Gasteiger partial charge in [-0.25, -0.2) is 4.39 Å². The number of hydrogen-bond acceptors (Lipinski definition) is 3. The van der Waals surface area contributed by atoms with Crippen molar-refractivity contribution in [1.82, 2.24) is 0 Å². The molecule has 0 amide bonds. The van der Waals surface area contributed by atoms with Gasteiger partial charge in [-0.2, -0.15) is 0 Å². The van der Waals surface area contributed by atoms with E-state index in [1.54, 1.807) is 26.2 Å². The molecule has 5 heteroatoms. The Morgan fingerprint density at radius 2 is 1.48 bits per heavy atom. The minimum Gasteiger partial charge on any atom is -0.496 e. The summed E-state index contributed by atoms with van der Waals surface area (Å²) in [5.74, 6) is 0.871. The van der Waals surface area contributed by atoms with Crippen molar-refractivity contribution in [1.29, 1.82) is 0 Å². The van der Waals surface area contributed by atoms with Crippen LogP contribution in [0.1, 0.15) is 17.3 Å². The van der Waals surface area contributed by atoms with Crippen molar-refractivity contribution in [3.63, 3.8) is 0 Å². The number of rotatable bonds is 3. The van der Waals surface area contributed by atoms with Gasteiger partial charge in [0.2, 0.25) is 0 Å². The minimum absolute atomic E-state index is 0.0776. The van der Waals surface area contributed by atoms with Gasteiger partial charge in [0.1, 0.15) is 5.75 Å². The second kappa shape index (κ2) is 9.05. The molecule has 4 aromatic rings. The molecule has 0 fully saturated rings. The van der Waals surface area contributed by atoms with E-state index in [1.165, 1.54) is 7.11 Å². The second-order valence-electron chi connectivity index (χ2n) is 6.38. The van der Waals surface area contributed by atoms with Crippen LogP contribution in [0.3, 0.4) is 0 Å². The molecule has 0 aliphatic rings. The third kappa shape index (κ3) is 4.40. The van der Waals surface area contributed by atoms with Crippen LogP contribution in [0.15, 0.2) is 71.2 Å². The highest BCUT2D eigenvalue weighted by molar-refractivity contribution is 9.10. The molecule has 0 N–H and O–H groups in total. The topological polar surface area (TPSA) is 35.5 Å². The fourth-order valence-electron chi connectivity index (χ4n) is 3.02. The van der Waals surface area contributed by atoms with Crippen molar-refractivity contribution in [3.8, 4) is 11.5 Å². The van der Waals surface area contributed by atoms with Crippen LogP contribution in [0.5, 0.6) is 11.5 Å². The number of fused-ring (bicyclic) bond motifs is 2. The fourth-order valence-corrected chi connectivity index (χ4v) is 3.67. The van der Waals surface area contributed by atoms with Gasteiger partial charge in [-0.1, -0.05) is 48.5 Å². The number of hydrogen-bond donors (Lipinski definition) is 0. The molecule has 29 heavy (non-hydrogen) atoms. The van der Waals surface area contributed by atoms with Crippen LogP contribution in [0.25, 0.3) is 21.5 Å². The Hall–Kier alpha value is -2.92. The average molecular weight is 455 g/mol. The molecule has 0 saturated heterocycles. The number of methoxy groups -OCH3 is 2. The SMILES string of the molecule is COc1ccc2cc(C(C)=O)ccc2c1Br.COc1ccc2ccccc2c1F. The number of benzene rings is 4. The largest absolute Gasteiger partial charge is 0.496 e. The Balaban J connectivity index is 0.000000169. The van der Waals surface area contributed by atoms with Crippen LogP contribution in [-0.4, -0.2) is 20.0 Å². The van der Waals surface area contributed by atoms with Gasteiger partial charge in [-0.3, -0.25) is 4.79 Å². The van der Waals surface area contributed by atoms with Crippen molar-refractivity contribution in [2.75, 3.05) is 14.2 Å². The summed E-state index contributed by atoms with van der Waals surface area (Å²) in [6.07, 6.45) is 0. The zero-order chi connectivity index (χ0) is 21.0. The van der Waals surface area contributed by atoms with Gasteiger partial charge in [0.05, 0.1) is 18.7 Å². The molecule has 0 unspecified atom stereocenters. The molecule has 3 nitrogen and oxygen atoms in total. The standard InChI is InChI=1S/C13H11BrO2.C11H9FO/c1-8(15)9-3-5-11-10(7-9)4-6-12(16-2)13(11)14;1-13-10-7-6-8-4-2-3-5-9(8)11(10)12/h3-7H,1-2H3;2-7H,1H3. The van der Waals surface area contributed by atoms with E-state index in [9.17, 15) is 9.18 Å². The van der Waals surface area contributed by atoms with Gasteiger partial charge < -0.3 is 9.47 Å². The molecule has 0 heterocycles. The van der Waals surface area contributed by atoms with Crippen LogP contribution < -0.4 is 9.47 Å². The van der Waals surface area contributed by atoms with Crippen LogP contribution >= 0.6 is 15.9 Å². The van der Waals surface area contributed by atoms with Crippen molar-refractivity contribution >= 4 is 43.3 Å². The summed E-state index contributed by atoms with van der Waals surface area (Å²) in [4.78, 5) is 11.3. The van der Waals surface area contributed by atoms with Crippen molar-refractivity contribution in [2.45, 2.75) is 6.92 Å². The highest BCUT2D eigenvalue weighted by Crippen LogP contribution is 2.33. The van der Waals surface area contributed by atoms with Crippen LogP contribution in [-0.2, 0) is 0 Å². The predicted octanol–water partition coefficient (Wildman–Crippen LogP) is 6.80. The van der Waals surface area contributed by atoms with E-state index >= 15 is 0 Å². The third-order valence-electron chi connectivity index (χ3n) is 4.59. The van der Waals surface area contributed by atoms with E-state index in [2.05, 4.69) is 15.9 Å². The smallest absolute Gasteiger partial charge is 0.172 e. The first-order valence-electron chi connectivity index (χ1n) is 8.94. The van der Waals surface area contributed by atoms with Gasteiger partial charge in [0, 0.05) is 10.9 Å². The maximum Gasteiger partial charge on any atom is 0.172 e.